The Hall–Kier alpha value is -2.28. The molecule has 3 rings (SSSR count). The highest BCUT2D eigenvalue weighted by Gasteiger charge is 2.08. The van der Waals surface area contributed by atoms with Crippen LogP contribution < -0.4 is 5.32 Å². The molecule has 0 bridgehead atoms. The van der Waals surface area contributed by atoms with Gasteiger partial charge in [-0.15, -0.1) is 0 Å². The van der Waals surface area contributed by atoms with Gasteiger partial charge in [0.05, 0.1) is 0 Å². The summed E-state index contributed by atoms with van der Waals surface area (Å²) < 4.78 is 0. The van der Waals surface area contributed by atoms with Gasteiger partial charge in [0.25, 0.3) is 0 Å². The molecule has 1 heteroatoms. The smallest absolute Gasteiger partial charge is 0.0491 e. The minimum absolute atomic E-state index is 0.280. The molecule has 0 amide bonds. The highest BCUT2D eigenvalue weighted by atomic mass is 14.9. The van der Waals surface area contributed by atoms with Gasteiger partial charge in [0.2, 0.25) is 0 Å². The zero-order valence-electron chi connectivity index (χ0n) is 11.9. The molecular formula is C19H19N. The van der Waals surface area contributed by atoms with Gasteiger partial charge in [0.15, 0.2) is 0 Å². The van der Waals surface area contributed by atoms with Crippen LogP contribution in [0.1, 0.15) is 24.1 Å². The first kappa shape index (κ1) is 12.7. The molecule has 1 atom stereocenters. The quantitative estimate of drug-likeness (QED) is 0.672. The van der Waals surface area contributed by atoms with Crippen molar-refractivity contribution >= 4 is 16.5 Å². The molecule has 0 saturated heterocycles. The second-order valence-electron chi connectivity index (χ2n) is 5.30. The van der Waals surface area contributed by atoms with E-state index in [1.54, 1.807) is 0 Å². The lowest BCUT2D eigenvalue weighted by Crippen LogP contribution is -2.07. The van der Waals surface area contributed by atoms with Gasteiger partial charge < -0.3 is 5.32 Å². The van der Waals surface area contributed by atoms with Crippen LogP contribution in [0.5, 0.6) is 0 Å². The molecule has 1 unspecified atom stereocenters. The van der Waals surface area contributed by atoms with Crippen LogP contribution in [0.4, 0.5) is 5.69 Å². The fourth-order valence-corrected chi connectivity index (χ4v) is 2.69. The third-order valence-electron chi connectivity index (χ3n) is 3.69. The zero-order chi connectivity index (χ0) is 13.9. The molecular weight excluding hydrogens is 242 g/mol. The van der Waals surface area contributed by atoms with Crippen LogP contribution in [0.2, 0.25) is 0 Å². The van der Waals surface area contributed by atoms with E-state index >= 15 is 0 Å². The summed E-state index contributed by atoms with van der Waals surface area (Å²) in [6.07, 6.45) is 0. The van der Waals surface area contributed by atoms with Gasteiger partial charge in [-0.25, -0.2) is 0 Å². The van der Waals surface area contributed by atoms with E-state index in [1.807, 2.05) is 0 Å². The van der Waals surface area contributed by atoms with Crippen LogP contribution >= 0.6 is 0 Å². The summed E-state index contributed by atoms with van der Waals surface area (Å²) >= 11 is 0. The fraction of sp³-hybridized carbons (Fsp3) is 0.158. The SMILES string of the molecule is Cc1cccc(NC(C)c2cccc3ccccc23)c1. The molecule has 0 aliphatic carbocycles. The summed E-state index contributed by atoms with van der Waals surface area (Å²) in [6, 6.07) is 23.8. The first-order valence-electron chi connectivity index (χ1n) is 7.05. The monoisotopic (exact) mass is 261 g/mol. The van der Waals surface area contributed by atoms with Crippen LogP contribution in [0.3, 0.4) is 0 Å². The number of benzene rings is 3. The predicted octanol–water partition coefficient (Wildman–Crippen LogP) is 5.32. The van der Waals surface area contributed by atoms with Crippen LogP contribution in [0, 0.1) is 6.92 Å². The zero-order valence-corrected chi connectivity index (χ0v) is 11.9. The van der Waals surface area contributed by atoms with Gasteiger partial charge in [0, 0.05) is 11.7 Å². The topological polar surface area (TPSA) is 12.0 Å². The highest BCUT2D eigenvalue weighted by molar-refractivity contribution is 5.86. The fourth-order valence-electron chi connectivity index (χ4n) is 2.69. The standard InChI is InChI=1S/C19H19N/c1-14-7-5-10-17(13-14)20-15(2)18-12-6-9-16-8-3-4-11-19(16)18/h3-13,15,20H,1-2H3. The molecule has 0 aromatic heterocycles. The van der Waals surface area contributed by atoms with Gasteiger partial charge in [-0.2, -0.15) is 0 Å². The number of rotatable bonds is 3. The number of aryl methyl sites for hydroxylation is 1. The molecule has 1 N–H and O–H groups in total. The summed E-state index contributed by atoms with van der Waals surface area (Å²) in [7, 11) is 0. The normalized spacial score (nSPS) is 12.3. The Morgan fingerprint density at radius 3 is 2.45 bits per heavy atom. The third-order valence-corrected chi connectivity index (χ3v) is 3.69. The molecule has 20 heavy (non-hydrogen) atoms. The van der Waals surface area contributed by atoms with E-state index in [1.165, 1.54) is 27.6 Å². The number of anilines is 1. The van der Waals surface area contributed by atoms with Crippen molar-refractivity contribution in [2.24, 2.45) is 0 Å². The Bertz CT molecular complexity index is 725. The summed E-state index contributed by atoms with van der Waals surface area (Å²) in [4.78, 5) is 0. The number of hydrogen-bond acceptors (Lipinski definition) is 1. The first-order chi connectivity index (χ1) is 9.74. The van der Waals surface area contributed by atoms with E-state index in [2.05, 4.69) is 85.9 Å². The number of hydrogen-bond donors (Lipinski definition) is 1. The van der Waals surface area contributed by atoms with Gasteiger partial charge in [-0.1, -0.05) is 54.6 Å². The van der Waals surface area contributed by atoms with E-state index in [4.69, 9.17) is 0 Å². The van der Waals surface area contributed by atoms with Crippen molar-refractivity contribution in [3.05, 3.63) is 77.9 Å². The Morgan fingerprint density at radius 2 is 1.60 bits per heavy atom. The first-order valence-corrected chi connectivity index (χ1v) is 7.05. The molecule has 0 heterocycles. The molecule has 0 aliphatic heterocycles. The molecule has 3 aromatic rings. The maximum Gasteiger partial charge on any atom is 0.0491 e. The highest BCUT2D eigenvalue weighted by Crippen LogP contribution is 2.26. The molecule has 3 aromatic carbocycles. The summed E-state index contributed by atoms with van der Waals surface area (Å²) in [5.41, 5.74) is 3.79. The summed E-state index contributed by atoms with van der Waals surface area (Å²) in [5.74, 6) is 0. The Morgan fingerprint density at radius 1 is 0.850 bits per heavy atom. The van der Waals surface area contributed by atoms with E-state index in [9.17, 15) is 0 Å². The molecule has 0 saturated carbocycles. The van der Waals surface area contributed by atoms with Crippen LogP contribution in [0.25, 0.3) is 10.8 Å². The average molecular weight is 261 g/mol. The molecule has 0 radical (unpaired) electrons. The van der Waals surface area contributed by atoms with Gasteiger partial charge in [-0.3, -0.25) is 0 Å². The summed E-state index contributed by atoms with van der Waals surface area (Å²) in [5, 5.41) is 6.21. The molecule has 0 aliphatic rings. The lowest BCUT2D eigenvalue weighted by Gasteiger charge is -2.18. The van der Waals surface area contributed by atoms with Crippen LogP contribution in [-0.2, 0) is 0 Å². The molecule has 0 spiro atoms. The van der Waals surface area contributed by atoms with Crippen molar-refractivity contribution in [2.45, 2.75) is 19.9 Å². The van der Waals surface area contributed by atoms with Crippen molar-refractivity contribution in [1.29, 1.82) is 0 Å². The van der Waals surface area contributed by atoms with Crippen molar-refractivity contribution in [2.75, 3.05) is 5.32 Å². The minimum Gasteiger partial charge on any atom is -0.378 e. The van der Waals surface area contributed by atoms with Crippen molar-refractivity contribution in [1.82, 2.24) is 0 Å². The van der Waals surface area contributed by atoms with E-state index in [0.29, 0.717) is 0 Å². The minimum atomic E-state index is 0.280. The molecule has 100 valence electrons. The van der Waals surface area contributed by atoms with Crippen LogP contribution in [0.15, 0.2) is 66.7 Å². The maximum absolute atomic E-state index is 3.59. The van der Waals surface area contributed by atoms with Crippen molar-refractivity contribution in [3.8, 4) is 0 Å². The maximum atomic E-state index is 3.59. The Labute approximate surface area is 120 Å². The van der Waals surface area contributed by atoms with E-state index < -0.39 is 0 Å². The van der Waals surface area contributed by atoms with Gasteiger partial charge >= 0.3 is 0 Å². The second kappa shape index (κ2) is 5.38. The average Bonchev–Trinajstić information content (AvgIpc) is 2.46. The van der Waals surface area contributed by atoms with Crippen molar-refractivity contribution < 1.29 is 0 Å². The predicted molar refractivity (Wildman–Crippen MR) is 87.2 cm³/mol. The van der Waals surface area contributed by atoms with E-state index in [-0.39, 0.29) is 6.04 Å². The molecule has 0 fully saturated rings. The number of nitrogens with one attached hydrogen (secondary N) is 1. The largest absolute Gasteiger partial charge is 0.378 e. The Kier molecular flexibility index (Phi) is 3.42. The lowest BCUT2D eigenvalue weighted by molar-refractivity contribution is 0.894. The lowest BCUT2D eigenvalue weighted by atomic mass is 9.99. The van der Waals surface area contributed by atoms with Gasteiger partial charge in [0.1, 0.15) is 0 Å². The third kappa shape index (κ3) is 2.53. The van der Waals surface area contributed by atoms with Gasteiger partial charge in [-0.05, 0) is 47.9 Å². The second-order valence-corrected chi connectivity index (χ2v) is 5.30. The van der Waals surface area contributed by atoms with Crippen LogP contribution in [-0.4, -0.2) is 0 Å². The molecule has 1 nitrogen and oxygen atoms in total. The summed E-state index contributed by atoms with van der Waals surface area (Å²) in [6.45, 7) is 4.33. The van der Waals surface area contributed by atoms with Crippen molar-refractivity contribution in [3.63, 3.8) is 0 Å². The van der Waals surface area contributed by atoms with E-state index in [0.717, 1.165) is 0 Å². The number of fused-ring (bicyclic) bond motifs is 1. The Balaban J connectivity index is 1.94.